The Morgan fingerprint density at radius 1 is 1.35 bits per heavy atom. The Morgan fingerprint density at radius 2 is 2.10 bits per heavy atom. The lowest BCUT2D eigenvalue weighted by Gasteiger charge is -2.11. The fourth-order valence-electron chi connectivity index (χ4n) is 1.52. The Balaban J connectivity index is 2.16. The summed E-state index contributed by atoms with van der Waals surface area (Å²) in [5.41, 5.74) is 4.77. The number of nitrogens with one attached hydrogen (secondary N) is 1. The van der Waals surface area contributed by atoms with Gasteiger partial charge in [0.15, 0.2) is 0 Å². The highest BCUT2D eigenvalue weighted by molar-refractivity contribution is 5.99. The van der Waals surface area contributed by atoms with E-state index in [9.17, 15) is 18.0 Å². The fourth-order valence-corrected chi connectivity index (χ4v) is 1.52. The van der Waals surface area contributed by atoms with Crippen molar-refractivity contribution < 1.29 is 22.5 Å². The molecule has 2 aromatic rings. The standard InChI is InChI=1S/C12H10F3N3O2/c13-12(14,15)7-1-2-10(16)9(5-7)11(19)17-6-8-3-4-20-18-8/h1-5H,6,16H2,(H,17,19). The maximum absolute atomic E-state index is 12.6. The minimum atomic E-state index is -4.53. The molecule has 0 aliphatic rings. The van der Waals surface area contributed by atoms with Crippen LogP contribution in [0, 0.1) is 0 Å². The zero-order valence-electron chi connectivity index (χ0n) is 10.1. The van der Waals surface area contributed by atoms with Gasteiger partial charge in [0.2, 0.25) is 0 Å². The summed E-state index contributed by atoms with van der Waals surface area (Å²) in [6.45, 7) is 0.0328. The van der Waals surface area contributed by atoms with E-state index in [0.717, 1.165) is 12.1 Å². The number of hydrogen-bond acceptors (Lipinski definition) is 4. The number of carbonyl (C=O) groups excluding carboxylic acids is 1. The molecule has 1 heterocycles. The Bertz CT molecular complexity index is 609. The van der Waals surface area contributed by atoms with Crippen LogP contribution in [0.1, 0.15) is 21.6 Å². The maximum Gasteiger partial charge on any atom is 0.416 e. The van der Waals surface area contributed by atoms with Gasteiger partial charge in [0.1, 0.15) is 12.0 Å². The number of hydrogen-bond donors (Lipinski definition) is 2. The molecule has 0 atom stereocenters. The van der Waals surface area contributed by atoms with Gasteiger partial charge in [-0.2, -0.15) is 13.2 Å². The van der Waals surface area contributed by atoms with E-state index in [4.69, 9.17) is 5.73 Å². The summed E-state index contributed by atoms with van der Waals surface area (Å²) in [5, 5.41) is 5.97. The Labute approximate surface area is 111 Å². The first-order valence-corrected chi connectivity index (χ1v) is 5.52. The van der Waals surface area contributed by atoms with Gasteiger partial charge in [-0.15, -0.1) is 0 Å². The van der Waals surface area contributed by atoms with Crippen LogP contribution >= 0.6 is 0 Å². The largest absolute Gasteiger partial charge is 0.416 e. The van der Waals surface area contributed by atoms with Gasteiger partial charge in [-0.25, -0.2) is 0 Å². The molecule has 1 aromatic heterocycles. The first-order valence-electron chi connectivity index (χ1n) is 5.52. The average molecular weight is 285 g/mol. The molecule has 0 radical (unpaired) electrons. The van der Waals surface area contributed by atoms with Gasteiger partial charge in [0.05, 0.1) is 17.7 Å². The summed E-state index contributed by atoms with van der Waals surface area (Å²) in [6.07, 6.45) is -3.21. The van der Waals surface area contributed by atoms with Crippen LogP contribution in [0.2, 0.25) is 0 Å². The highest BCUT2D eigenvalue weighted by Crippen LogP contribution is 2.31. The van der Waals surface area contributed by atoms with Crippen molar-refractivity contribution in [3.05, 3.63) is 47.3 Å². The lowest BCUT2D eigenvalue weighted by Crippen LogP contribution is -2.24. The number of alkyl halides is 3. The average Bonchev–Trinajstić information content (AvgIpc) is 2.88. The van der Waals surface area contributed by atoms with Crippen LogP contribution in [0.25, 0.3) is 0 Å². The summed E-state index contributed by atoms with van der Waals surface area (Å²) in [7, 11) is 0. The first-order chi connectivity index (χ1) is 9.38. The molecule has 1 amide bonds. The summed E-state index contributed by atoms with van der Waals surface area (Å²) in [4.78, 5) is 11.8. The van der Waals surface area contributed by atoms with Gasteiger partial charge in [-0.3, -0.25) is 4.79 Å². The molecule has 0 spiro atoms. The van der Waals surface area contributed by atoms with Crippen molar-refractivity contribution in [2.75, 3.05) is 5.73 Å². The molecule has 3 N–H and O–H groups in total. The van der Waals surface area contributed by atoms with Crippen LogP contribution in [-0.4, -0.2) is 11.1 Å². The molecule has 5 nitrogen and oxygen atoms in total. The first kappa shape index (κ1) is 13.9. The van der Waals surface area contributed by atoms with Crippen LogP contribution in [0.3, 0.4) is 0 Å². The SMILES string of the molecule is Nc1ccc(C(F)(F)F)cc1C(=O)NCc1ccon1. The van der Waals surface area contributed by atoms with E-state index in [1.165, 1.54) is 12.3 Å². The van der Waals surface area contributed by atoms with Gasteiger partial charge in [-0.1, -0.05) is 5.16 Å². The molecule has 0 bridgehead atoms. The zero-order valence-corrected chi connectivity index (χ0v) is 10.1. The van der Waals surface area contributed by atoms with Crippen LogP contribution in [0.15, 0.2) is 35.1 Å². The van der Waals surface area contributed by atoms with Crippen LogP contribution < -0.4 is 11.1 Å². The Kier molecular flexibility index (Phi) is 3.64. The molecule has 0 fully saturated rings. The van der Waals surface area contributed by atoms with Crippen molar-refractivity contribution >= 4 is 11.6 Å². The monoisotopic (exact) mass is 285 g/mol. The molecule has 106 valence electrons. The van der Waals surface area contributed by atoms with Crippen molar-refractivity contribution in [1.29, 1.82) is 0 Å². The number of benzene rings is 1. The van der Waals surface area contributed by atoms with E-state index in [-0.39, 0.29) is 17.8 Å². The van der Waals surface area contributed by atoms with E-state index >= 15 is 0 Å². The second kappa shape index (κ2) is 5.24. The van der Waals surface area contributed by atoms with Gasteiger partial charge >= 0.3 is 6.18 Å². The molecular formula is C12H10F3N3O2. The van der Waals surface area contributed by atoms with Gasteiger partial charge in [0.25, 0.3) is 5.91 Å². The number of nitrogens with two attached hydrogens (primary N) is 1. The summed E-state index contributed by atoms with van der Waals surface area (Å²) < 4.78 is 42.3. The summed E-state index contributed by atoms with van der Waals surface area (Å²) in [6, 6.07) is 4.11. The third-order valence-electron chi connectivity index (χ3n) is 2.55. The van der Waals surface area contributed by atoms with Gasteiger partial charge < -0.3 is 15.6 Å². The summed E-state index contributed by atoms with van der Waals surface area (Å²) >= 11 is 0. The molecule has 2 rings (SSSR count). The quantitative estimate of drug-likeness (QED) is 0.847. The third kappa shape index (κ3) is 3.08. The van der Waals surface area contributed by atoms with Crippen molar-refractivity contribution in [2.24, 2.45) is 0 Å². The fraction of sp³-hybridized carbons (Fsp3) is 0.167. The smallest absolute Gasteiger partial charge is 0.398 e. The maximum atomic E-state index is 12.6. The van der Waals surface area contributed by atoms with Gasteiger partial charge in [-0.05, 0) is 18.2 Å². The number of nitrogen functional groups attached to an aromatic ring is 1. The topological polar surface area (TPSA) is 81.2 Å². The second-order valence-corrected chi connectivity index (χ2v) is 3.97. The number of anilines is 1. The number of carbonyl (C=O) groups is 1. The molecule has 0 aliphatic heterocycles. The Hall–Kier alpha value is -2.51. The molecular weight excluding hydrogens is 275 g/mol. The minimum Gasteiger partial charge on any atom is -0.398 e. The lowest BCUT2D eigenvalue weighted by atomic mass is 10.1. The van der Waals surface area contributed by atoms with E-state index in [2.05, 4.69) is 15.0 Å². The zero-order chi connectivity index (χ0) is 14.8. The van der Waals surface area contributed by atoms with Crippen LogP contribution in [0.4, 0.5) is 18.9 Å². The molecule has 0 aliphatic carbocycles. The third-order valence-corrected chi connectivity index (χ3v) is 2.55. The normalized spacial score (nSPS) is 11.3. The van der Waals surface area contributed by atoms with Crippen molar-refractivity contribution in [2.45, 2.75) is 12.7 Å². The number of halogens is 3. The number of nitrogens with zero attached hydrogens (tertiary/aromatic N) is 1. The Morgan fingerprint density at radius 3 is 2.70 bits per heavy atom. The van der Waals surface area contributed by atoms with Crippen molar-refractivity contribution in [1.82, 2.24) is 10.5 Å². The lowest BCUT2D eigenvalue weighted by molar-refractivity contribution is -0.137. The predicted molar refractivity (Wildman–Crippen MR) is 63.5 cm³/mol. The minimum absolute atomic E-state index is 0.0318. The highest BCUT2D eigenvalue weighted by atomic mass is 19.4. The van der Waals surface area contributed by atoms with Crippen molar-refractivity contribution in [3.8, 4) is 0 Å². The number of aromatic nitrogens is 1. The molecule has 0 unspecified atom stereocenters. The second-order valence-electron chi connectivity index (χ2n) is 3.97. The van der Waals surface area contributed by atoms with Crippen LogP contribution in [-0.2, 0) is 12.7 Å². The molecule has 0 saturated carbocycles. The highest BCUT2D eigenvalue weighted by Gasteiger charge is 2.31. The van der Waals surface area contributed by atoms with E-state index in [1.54, 1.807) is 0 Å². The van der Waals surface area contributed by atoms with E-state index < -0.39 is 17.6 Å². The summed E-state index contributed by atoms with van der Waals surface area (Å²) in [5.74, 6) is -0.711. The van der Waals surface area contributed by atoms with E-state index in [0.29, 0.717) is 11.8 Å². The molecule has 0 saturated heterocycles. The predicted octanol–water partition coefficient (Wildman–Crippen LogP) is 2.21. The van der Waals surface area contributed by atoms with Crippen LogP contribution in [0.5, 0.6) is 0 Å². The number of rotatable bonds is 3. The molecule has 8 heteroatoms. The molecule has 20 heavy (non-hydrogen) atoms. The van der Waals surface area contributed by atoms with Gasteiger partial charge in [0, 0.05) is 11.8 Å². The van der Waals surface area contributed by atoms with E-state index in [1.807, 2.05) is 0 Å². The number of amides is 1. The molecule has 1 aromatic carbocycles. The van der Waals surface area contributed by atoms with Crippen molar-refractivity contribution in [3.63, 3.8) is 0 Å².